The molecule has 1 amide bonds. The van der Waals surface area contributed by atoms with Crippen LogP contribution in [0.25, 0.3) is 0 Å². The number of hydrogen-bond donors (Lipinski definition) is 0. The molecule has 2 saturated heterocycles. The number of carbonyl (C=O) groups excluding carboxylic acids is 1. The van der Waals surface area contributed by atoms with Gasteiger partial charge < -0.3 is 14.7 Å². The van der Waals surface area contributed by atoms with Crippen LogP contribution in [0.15, 0.2) is 6.07 Å². The van der Waals surface area contributed by atoms with Crippen molar-refractivity contribution in [1.82, 2.24) is 19.8 Å². The van der Waals surface area contributed by atoms with Crippen LogP contribution in [0.1, 0.15) is 31.9 Å². The summed E-state index contributed by atoms with van der Waals surface area (Å²) in [6, 6.07) is 2.12. The number of rotatable bonds is 3. The van der Waals surface area contributed by atoms with Gasteiger partial charge in [0, 0.05) is 71.0 Å². The summed E-state index contributed by atoms with van der Waals surface area (Å²) in [4.78, 5) is 30.3. The van der Waals surface area contributed by atoms with Gasteiger partial charge in [0.1, 0.15) is 5.82 Å². The molecule has 1 spiro atoms. The van der Waals surface area contributed by atoms with Gasteiger partial charge in [0.15, 0.2) is 0 Å². The van der Waals surface area contributed by atoms with Crippen molar-refractivity contribution in [3.63, 3.8) is 0 Å². The van der Waals surface area contributed by atoms with E-state index in [1.165, 1.54) is 0 Å². The number of likely N-dealkylation sites (tertiary alicyclic amines) is 1. The molecule has 3 rings (SSSR count). The Morgan fingerprint density at radius 1 is 1.15 bits per heavy atom. The zero-order chi connectivity index (χ0) is 18.9. The van der Waals surface area contributed by atoms with Crippen molar-refractivity contribution in [3.05, 3.63) is 11.8 Å². The van der Waals surface area contributed by atoms with E-state index in [0.29, 0.717) is 6.42 Å². The minimum atomic E-state index is 0.0360. The maximum absolute atomic E-state index is 12.2. The highest BCUT2D eigenvalue weighted by molar-refractivity contribution is 5.76. The number of likely N-dealkylation sites (N-methyl/N-ethyl adjacent to an activating group) is 1. The largest absolute Gasteiger partial charge is 0.353 e. The van der Waals surface area contributed by atoms with Crippen LogP contribution in [0.3, 0.4) is 0 Å². The summed E-state index contributed by atoms with van der Waals surface area (Å²) in [6.45, 7) is 5.81. The Balaban J connectivity index is 1.88. The van der Waals surface area contributed by atoms with Crippen LogP contribution in [0, 0.1) is 0 Å². The van der Waals surface area contributed by atoms with Crippen LogP contribution >= 0.6 is 0 Å². The van der Waals surface area contributed by atoms with Gasteiger partial charge in [0.05, 0.1) is 0 Å². The molecule has 2 aliphatic heterocycles. The maximum Gasteiger partial charge on any atom is 0.227 e. The van der Waals surface area contributed by atoms with Crippen molar-refractivity contribution >= 4 is 17.7 Å². The number of amides is 1. The second-order valence-electron chi connectivity index (χ2n) is 7.90. The number of piperazine rings is 1. The van der Waals surface area contributed by atoms with Crippen LogP contribution in [0.5, 0.6) is 0 Å². The van der Waals surface area contributed by atoms with Crippen molar-refractivity contribution in [2.24, 2.45) is 0 Å². The third-order valence-electron chi connectivity index (χ3n) is 5.98. The van der Waals surface area contributed by atoms with Crippen molar-refractivity contribution in [2.75, 3.05) is 64.2 Å². The minimum absolute atomic E-state index is 0.0360. The average Bonchev–Trinajstić information content (AvgIpc) is 2.78. The van der Waals surface area contributed by atoms with Gasteiger partial charge in [0.25, 0.3) is 0 Å². The molecule has 0 saturated carbocycles. The van der Waals surface area contributed by atoms with Crippen LogP contribution in [0.2, 0.25) is 0 Å². The van der Waals surface area contributed by atoms with Crippen LogP contribution in [-0.4, -0.2) is 85.6 Å². The van der Waals surface area contributed by atoms with Gasteiger partial charge in [-0.1, -0.05) is 6.92 Å². The highest BCUT2D eigenvalue weighted by Gasteiger charge is 2.42. The number of hydrogen-bond acceptors (Lipinski definition) is 6. The van der Waals surface area contributed by atoms with Crippen molar-refractivity contribution in [3.8, 4) is 0 Å². The topological polar surface area (TPSA) is 55.8 Å². The van der Waals surface area contributed by atoms with Gasteiger partial charge in [-0.15, -0.1) is 0 Å². The molecule has 1 aromatic heterocycles. The van der Waals surface area contributed by atoms with E-state index in [2.05, 4.69) is 34.8 Å². The first kappa shape index (κ1) is 18.9. The molecule has 26 heavy (non-hydrogen) atoms. The van der Waals surface area contributed by atoms with Crippen molar-refractivity contribution in [2.45, 2.75) is 38.1 Å². The van der Waals surface area contributed by atoms with E-state index in [4.69, 9.17) is 4.98 Å². The van der Waals surface area contributed by atoms with Gasteiger partial charge in [-0.05, 0) is 26.3 Å². The molecule has 3 heterocycles. The molecule has 0 unspecified atom stereocenters. The van der Waals surface area contributed by atoms with Crippen molar-refractivity contribution < 1.29 is 4.79 Å². The average molecular weight is 361 g/mol. The number of nitrogens with zero attached hydrogens (tertiary/aromatic N) is 6. The smallest absolute Gasteiger partial charge is 0.227 e. The van der Waals surface area contributed by atoms with Gasteiger partial charge >= 0.3 is 0 Å². The highest BCUT2D eigenvalue weighted by atomic mass is 16.2. The Bertz CT molecular complexity index is 663. The van der Waals surface area contributed by atoms with Gasteiger partial charge in [-0.3, -0.25) is 9.69 Å². The second-order valence-corrected chi connectivity index (χ2v) is 7.90. The molecular formula is C19H32N6O. The summed E-state index contributed by atoms with van der Waals surface area (Å²) in [6.07, 6.45) is 3.44. The lowest BCUT2D eigenvalue weighted by atomic mass is 9.86. The number of aromatic nitrogens is 2. The third kappa shape index (κ3) is 3.63. The molecule has 1 aromatic rings. The van der Waals surface area contributed by atoms with E-state index >= 15 is 0 Å². The van der Waals surface area contributed by atoms with E-state index < -0.39 is 0 Å². The summed E-state index contributed by atoms with van der Waals surface area (Å²) in [5.41, 5.74) is 1.11. The Morgan fingerprint density at radius 3 is 2.62 bits per heavy atom. The predicted molar refractivity (Wildman–Crippen MR) is 105 cm³/mol. The lowest BCUT2D eigenvalue weighted by Crippen LogP contribution is -2.61. The molecule has 144 valence electrons. The molecule has 7 nitrogen and oxygen atoms in total. The second kappa shape index (κ2) is 7.39. The van der Waals surface area contributed by atoms with E-state index in [1.807, 2.05) is 30.9 Å². The maximum atomic E-state index is 12.2. The molecule has 2 aliphatic rings. The highest BCUT2D eigenvalue weighted by Crippen LogP contribution is 2.33. The summed E-state index contributed by atoms with van der Waals surface area (Å²) >= 11 is 0. The van der Waals surface area contributed by atoms with E-state index in [1.54, 1.807) is 0 Å². The molecule has 0 radical (unpaired) electrons. The molecule has 0 aliphatic carbocycles. The van der Waals surface area contributed by atoms with Crippen molar-refractivity contribution in [1.29, 1.82) is 0 Å². The van der Waals surface area contributed by atoms with E-state index in [9.17, 15) is 4.79 Å². The SMILES string of the molecule is CCc1cc(N2CCN(C)[C@]3(CCC(=O)N(C)CC3)C2)nc(N(C)C)n1. The zero-order valence-corrected chi connectivity index (χ0v) is 16.8. The molecular weight excluding hydrogens is 328 g/mol. The molecule has 0 bridgehead atoms. The Hall–Kier alpha value is -1.89. The predicted octanol–water partition coefficient (Wildman–Crippen LogP) is 1.24. The summed E-state index contributed by atoms with van der Waals surface area (Å²) in [7, 11) is 8.09. The van der Waals surface area contributed by atoms with E-state index in [-0.39, 0.29) is 11.4 Å². The van der Waals surface area contributed by atoms with Gasteiger partial charge in [-0.2, -0.15) is 4.98 Å². The monoisotopic (exact) mass is 360 g/mol. The Labute approximate surface area is 157 Å². The first-order valence-electron chi connectivity index (χ1n) is 9.60. The number of aryl methyl sites for hydroxylation is 1. The Kier molecular flexibility index (Phi) is 5.37. The third-order valence-corrected chi connectivity index (χ3v) is 5.98. The molecule has 1 atom stereocenters. The molecule has 2 fully saturated rings. The first-order valence-corrected chi connectivity index (χ1v) is 9.60. The summed E-state index contributed by atoms with van der Waals surface area (Å²) in [5, 5.41) is 0. The minimum Gasteiger partial charge on any atom is -0.353 e. The Morgan fingerprint density at radius 2 is 1.92 bits per heavy atom. The number of carbonyl (C=O) groups is 1. The van der Waals surface area contributed by atoms with Gasteiger partial charge in [0.2, 0.25) is 11.9 Å². The standard InChI is InChI=1S/C19H32N6O/c1-6-15-13-16(21-18(20-15)22(2)3)25-12-11-24(5)19(14-25)8-7-17(26)23(4)10-9-19/h13H,6-12,14H2,1-5H3/t19-/m0/s1. The van der Waals surface area contributed by atoms with Crippen LogP contribution < -0.4 is 9.80 Å². The lowest BCUT2D eigenvalue weighted by molar-refractivity contribution is -0.129. The van der Waals surface area contributed by atoms with E-state index in [0.717, 1.165) is 62.9 Å². The fourth-order valence-electron chi connectivity index (χ4n) is 3.97. The first-order chi connectivity index (χ1) is 12.3. The summed E-state index contributed by atoms with van der Waals surface area (Å²) < 4.78 is 0. The van der Waals surface area contributed by atoms with Gasteiger partial charge in [-0.25, -0.2) is 4.98 Å². The van der Waals surface area contributed by atoms with Crippen LogP contribution in [-0.2, 0) is 11.2 Å². The molecule has 0 aromatic carbocycles. The fraction of sp³-hybridized carbons (Fsp3) is 0.737. The normalized spacial score (nSPS) is 24.9. The molecule has 0 N–H and O–H groups in total. The fourth-order valence-corrected chi connectivity index (χ4v) is 3.97. The molecule has 7 heteroatoms. The zero-order valence-electron chi connectivity index (χ0n) is 16.8. The number of anilines is 2. The summed E-state index contributed by atoms with van der Waals surface area (Å²) in [5.74, 6) is 2.04. The quantitative estimate of drug-likeness (QED) is 0.808. The van der Waals surface area contributed by atoms with Crippen LogP contribution in [0.4, 0.5) is 11.8 Å². The lowest BCUT2D eigenvalue weighted by Gasteiger charge is -2.49.